The summed E-state index contributed by atoms with van der Waals surface area (Å²) in [5.74, 6) is 0.559. The summed E-state index contributed by atoms with van der Waals surface area (Å²) in [5, 5.41) is 8.43. The number of halogens is 1. The zero-order valence-electron chi connectivity index (χ0n) is 11.2. The van der Waals surface area contributed by atoms with Gasteiger partial charge in [0.15, 0.2) is 0 Å². The molecule has 1 fully saturated rings. The number of rotatable bonds is 2. The van der Waals surface area contributed by atoms with Gasteiger partial charge in [0.2, 0.25) is 5.96 Å². The van der Waals surface area contributed by atoms with Crippen molar-refractivity contribution in [1.82, 2.24) is 0 Å². The van der Waals surface area contributed by atoms with Gasteiger partial charge < -0.3 is 9.80 Å². The highest BCUT2D eigenvalue weighted by Crippen LogP contribution is 2.23. The molecule has 0 bridgehead atoms. The first kappa shape index (κ1) is 14.6. The maximum atomic E-state index is 8.43. The fourth-order valence-corrected chi connectivity index (χ4v) is 2.46. The van der Waals surface area contributed by atoms with Crippen molar-refractivity contribution in [1.29, 1.82) is 5.41 Å². The van der Waals surface area contributed by atoms with E-state index in [1.54, 1.807) is 0 Å². The normalized spacial score (nSPS) is 14.9. The SMILES string of the molecule is Br.N=C1N(c2ccccc2)CCCN1c1ccccc1. The molecule has 2 aromatic rings. The molecule has 0 aliphatic carbocycles. The van der Waals surface area contributed by atoms with Crippen LogP contribution in [0.3, 0.4) is 0 Å². The van der Waals surface area contributed by atoms with Crippen LogP contribution in [0.25, 0.3) is 0 Å². The predicted octanol–water partition coefficient (Wildman–Crippen LogP) is 3.92. The lowest BCUT2D eigenvalue weighted by Crippen LogP contribution is -2.50. The highest BCUT2D eigenvalue weighted by atomic mass is 79.9. The van der Waals surface area contributed by atoms with Crippen LogP contribution in [0.4, 0.5) is 11.4 Å². The van der Waals surface area contributed by atoms with Gasteiger partial charge in [-0.05, 0) is 30.7 Å². The first-order chi connectivity index (χ1) is 9.36. The Kier molecular flexibility index (Phi) is 4.79. The second-order valence-electron chi connectivity index (χ2n) is 4.65. The molecule has 0 unspecified atom stereocenters. The molecule has 0 radical (unpaired) electrons. The molecule has 1 N–H and O–H groups in total. The van der Waals surface area contributed by atoms with Crippen molar-refractivity contribution in [3.8, 4) is 0 Å². The van der Waals surface area contributed by atoms with Gasteiger partial charge in [0.1, 0.15) is 0 Å². The Labute approximate surface area is 130 Å². The summed E-state index contributed by atoms with van der Waals surface area (Å²) in [6.45, 7) is 1.82. The number of nitrogens with zero attached hydrogens (tertiary/aromatic N) is 2. The summed E-state index contributed by atoms with van der Waals surface area (Å²) < 4.78 is 0. The Morgan fingerprint density at radius 1 is 0.700 bits per heavy atom. The van der Waals surface area contributed by atoms with Gasteiger partial charge in [-0.3, -0.25) is 5.41 Å². The van der Waals surface area contributed by atoms with E-state index in [4.69, 9.17) is 5.41 Å². The van der Waals surface area contributed by atoms with Crippen LogP contribution in [-0.4, -0.2) is 19.0 Å². The highest BCUT2D eigenvalue weighted by molar-refractivity contribution is 8.93. The molecule has 1 aliphatic rings. The third-order valence-corrected chi connectivity index (χ3v) is 3.41. The first-order valence-electron chi connectivity index (χ1n) is 6.60. The second-order valence-corrected chi connectivity index (χ2v) is 4.65. The van der Waals surface area contributed by atoms with Gasteiger partial charge in [-0.1, -0.05) is 36.4 Å². The smallest absolute Gasteiger partial charge is 0.202 e. The van der Waals surface area contributed by atoms with Crippen molar-refractivity contribution < 1.29 is 0 Å². The number of benzene rings is 2. The lowest BCUT2D eigenvalue weighted by Gasteiger charge is -2.38. The van der Waals surface area contributed by atoms with Crippen molar-refractivity contribution in [3.05, 3.63) is 60.7 Å². The molecule has 20 heavy (non-hydrogen) atoms. The van der Waals surface area contributed by atoms with Gasteiger partial charge in [-0.25, -0.2) is 0 Å². The number of hydrogen-bond donors (Lipinski definition) is 1. The van der Waals surface area contributed by atoms with Crippen molar-refractivity contribution in [3.63, 3.8) is 0 Å². The number of guanidine groups is 1. The molecular weight excluding hydrogens is 314 g/mol. The van der Waals surface area contributed by atoms with Crippen LogP contribution >= 0.6 is 17.0 Å². The van der Waals surface area contributed by atoms with Gasteiger partial charge >= 0.3 is 0 Å². The Balaban J connectivity index is 0.00000147. The summed E-state index contributed by atoms with van der Waals surface area (Å²) in [6, 6.07) is 20.3. The summed E-state index contributed by atoms with van der Waals surface area (Å²) >= 11 is 0. The fourth-order valence-electron chi connectivity index (χ4n) is 2.46. The molecule has 0 saturated carbocycles. The Morgan fingerprint density at radius 3 is 1.50 bits per heavy atom. The fraction of sp³-hybridized carbons (Fsp3) is 0.188. The minimum absolute atomic E-state index is 0. The summed E-state index contributed by atoms with van der Waals surface area (Å²) in [5.41, 5.74) is 2.18. The average molecular weight is 332 g/mol. The van der Waals surface area contributed by atoms with E-state index in [1.807, 2.05) is 36.4 Å². The third-order valence-electron chi connectivity index (χ3n) is 3.41. The van der Waals surface area contributed by atoms with Crippen molar-refractivity contribution >= 4 is 34.3 Å². The van der Waals surface area contributed by atoms with Crippen LogP contribution in [0.5, 0.6) is 0 Å². The Bertz CT molecular complexity index is 507. The first-order valence-corrected chi connectivity index (χ1v) is 6.60. The number of para-hydroxylation sites is 2. The molecule has 104 valence electrons. The molecule has 1 aliphatic heterocycles. The maximum Gasteiger partial charge on any atom is 0.202 e. The number of nitrogens with one attached hydrogen (secondary N) is 1. The molecule has 0 atom stereocenters. The third kappa shape index (κ3) is 2.85. The highest BCUT2D eigenvalue weighted by Gasteiger charge is 2.24. The van der Waals surface area contributed by atoms with Gasteiger partial charge in [0, 0.05) is 24.5 Å². The van der Waals surface area contributed by atoms with E-state index in [2.05, 4.69) is 34.1 Å². The molecule has 3 nitrogen and oxygen atoms in total. The maximum absolute atomic E-state index is 8.43. The minimum Gasteiger partial charge on any atom is -0.312 e. The van der Waals surface area contributed by atoms with E-state index in [9.17, 15) is 0 Å². The molecular formula is C16H18BrN3. The molecule has 0 amide bonds. The summed E-state index contributed by atoms with van der Waals surface area (Å²) in [6.07, 6.45) is 1.06. The monoisotopic (exact) mass is 331 g/mol. The van der Waals surface area contributed by atoms with Gasteiger partial charge in [0.05, 0.1) is 0 Å². The van der Waals surface area contributed by atoms with Crippen LogP contribution in [0.2, 0.25) is 0 Å². The quantitative estimate of drug-likeness (QED) is 0.904. The minimum atomic E-state index is 0. The molecule has 2 aromatic carbocycles. The van der Waals surface area contributed by atoms with E-state index >= 15 is 0 Å². The summed E-state index contributed by atoms with van der Waals surface area (Å²) in [7, 11) is 0. The van der Waals surface area contributed by atoms with Crippen LogP contribution < -0.4 is 9.80 Å². The van der Waals surface area contributed by atoms with E-state index < -0.39 is 0 Å². The molecule has 3 rings (SSSR count). The van der Waals surface area contributed by atoms with Crippen LogP contribution in [0, 0.1) is 5.41 Å². The average Bonchev–Trinajstić information content (AvgIpc) is 2.49. The molecule has 1 saturated heterocycles. The zero-order chi connectivity index (χ0) is 13.1. The van der Waals surface area contributed by atoms with Crippen molar-refractivity contribution in [2.24, 2.45) is 0 Å². The Morgan fingerprint density at radius 2 is 1.10 bits per heavy atom. The van der Waals surface area contributed by atoms with Gasteiger partial charge in [0.25, 0.3) is 0 Å². The van der Waals surface area contributed by atoms with Crippen LogP contribution in [0.15, 0.2) is 60.7 Å². The van der Waals surface area contributed by atoms with Gasteiger partial charge in [-0.2, -0.15) is 0 Å². The Hall–Kier alpha value is -1.81. The van der Waals surface area contributed by atoms with Crippen molar-refractivity contribution in [2.75, 3.05) is 22.9 Å². The van der Waals surface area contributed by atoms with Crippen LogP contribution in [-0.2, 0) is 0 Å². The topological polar surface area (TPSA) is 30.3 Å². The number of hydrogen-bond acceptors (Lipinski definition) is 1. The molecule has 4 heteroatoms. The van der Waals surface area contributed by atoms with Gasteiger partial charge in [-0.15, -0.1) is 17.0 Å². The molecule has 0 spiro atoms. The zero-order valence-corrected chi connectivity index (χ0v) is 12.9. The molecule has 1 heterocycles. The number of anilines is 2. The summed E-state index contributed by atoms with van der Waals surface area (Å²) in [4.78, 5) is 4.13. The van der Waals surface area contributed by atoms with E-state index in [-0.39, 0.29) is 17.0 Å². The second kappa shape index (κ2) is 6.57. The van der Waals surface area contributed by atoms with E-state index in [0.717, 1.165) is 30.9 Å². The van der Waals surface area contributed by atoms with E-state index in [1.165, 1.54) is 0 Å². The van der Waals surface area contributed by atoms with Crippen LogP contribution in [0.1, 0.15) is 6.42 Å². The lowest BCUT2D eigenvalue weighted by atomic mass is 10.2. The molecule has 0 aromatic heterocycles. The predicted molar refractivity (Wildman–Crippen MR) is 90.2 cm³/mol. The van der Waals surface area contributed by atoms with E-state index in [0.29, 0.717) is 5.96 Å². The largest absolute Gasteiger partial charge is 0.312 e. The standard InChI is InChI=1S/C16H17N3.BrH/c17-16-18(14-8-3-1-4-9-14)12-7-13-19(16)15-10-5-2-6-11-15;/h1-6,8-11,17H,7,12-13H2;1H. The van der Waals surface area contributed by atoms with Crippen molar-refractivity contribution in [2.45, 2.75) is 6.42 Å². The lowest BCUT2D eigenvalue weighted by molar-refractivity contribution is 0.754.